The number of rotatable bonds is 4. The van der Waals surface area contributed by atoms with Gasteiger partial charge < -0.3 is 0 Å². The van der Waals surface area contributed by atoms with Crippen LogP contribution in [-0.2, 0) is 0 Å². The van der Waals surface area contributed by atoms with Crippen molar-refractivity contribution in [2.24, 2.45) is 0 Å². The molecule has 0 saturated carbocycles. The van der Waals surface area contributed by atoms with E-state index in [1.54, 1.807) is 0 Å². The maximum absolute atomic E-state index is 3.61. The maximum Gasteiger partial charge on any atom is 0.0812 e. The number of hydrogen-bond acceptors (Lipinski definition) is 0. The van der Waals surface area contributed by atoms with Gasteiger partial charge >= 0.3 is 0 Å². The first-order chi connectivity index (χ1) is 4.62. The molecule has 0 radical (unpaired) electrons. The van der Waals surface area contributed by atoms with Crippen LogP contribution >= 0.6 is 0 Å². The quantitative estimate of drug-likeness (QED) is 0.430. The Morgan fingerprint density at radius 3 is 2.50 bits per heavy atom. The van der Waals surface area contributed by atoms with Crippen molar-refractivity contribution in [1.29, 1.82) is 0 Å². The second-order valence-corrected chi connectivity index (χ2v) is 8.21. The minimum absolute atomic E-state index is 1.02. The van der Waals surface area contributed by atoms with Crippen LogP contribution < -0.4 is 0 Å². The first kappa shape index (κ1) is 9.74. The van der Waals surface area contributed by atoms with E-state index in [1.807, 2.05) is 0 Å². The summed E-state index contributed by atoms with van der Waals surface area (Å²) in [5.74, 6) is 0. The normalized spacial score (nSPS) is 10.7. The van der Waals surface area contributed by atoms with Crippen LogP contribution in [0.4, 0.5) is 0 Å². The topological polar surface area (TPSA) is 0 Å². The van der Waals surface area contributed by atoms with Crippen LogP contribution in [0.2, 0.25) is 19.1 Å². The monoisotopic (exact) mass is 154 g/mol. The molecule has 0 aliphatic carbocycles. The Morgan fingerprint density at radius 1 is 1.50 bits per heavy atom. The van der Waals surface area contributed by atoms with Gasteiger partial charge in [0.05, 0.1) is 8.07 Å². The molecule has 0 nitrogen and oxygen atoms in total. The van der Waals surface area contributed by atoms with E-state index in [4.69, 9.17) is 0 Å². The van der Waals surface area contributed by atoms with Gasteiger partial charge in [0.2, 0.25) is 0 Å². The highest BCUT2D eigenvalue weighted by molar-refractivity contribution is 6.82. The first-order valence-corrected chi connectivity index (χ1v) is 7.28. The molecule has 0 aliphatic heterocycles. The zero-order chi connectivity index (χ0) is 8.04. The predicted octanol–water partition coefficient (Wildman–Crippen LogP) is 3.38. The third-order valence-corrected chi connectivity index (χ3v) is 4.30. The van der Waals surface area contributed by atoms with E-state index in [0.717, 1.165) is 0 Å². The van der Waals surface area contributed by atoms with Gasteiger partial charge in [0.15, 0.2) is 0 Å². The Bertz CT molecular complexity index is 130. The summed E-state index contributed by atoms with van der Waals surface area (Å²) in [4.78, 5) is 0. The standard InChI is InChI=1S/C9H18Si/c1-5-7-9-10(3,4)8-6-2/h8H,2,5,7,9H2,1,3-4H3. The molecule has 0 aromatic carbocycles. The molecule has 0 atom stereocenters. The lowest BCUT2D eigenvalue weighted by atomic mass is 10.4. The molecule has 58 valence electrons. The maximum atomic E-state index is 3.61. The summed E-state index contributed by atoms with van der Waals surface area (Å²) in [5.41, 5.74) is 5.10. The second-order valence-electron chi connectivity index (χ2n) is 3.44. The van der Waals surface area contributed by atoms with E-state index >= 15 is 0 Å². The molecule has 0 unspecified atom stereocenters. The average Bonchev–Trinajstić information content (AvgIpc) is 1.84. The number of unbranched alkanes of at least 4 members (excludes halogenated alkanes) is 1. The summed E-state index contributed by atoms with van der Waals surface area (Å²) in [6.07, 6.45) is 2.67. The van der Waals surface area contributed by atoms with Crippen LogP contribution in [0.15, 0.2) is 18.0 Å². The molecule has 1 heteroatoms. The highest BCUT2D eigenvalue weighted by Crippen LogP contribution is 2.13. The van der Waals surface area contributed by atoms with E-state index in [-0.39, 0.29) is 0 Å². The van der Waals surface area contributed by atoms with Crippen molar-refractivity contribution >= 4 is 8.07 Å². The Balaban J connectivity index is 3.74. The van der Waals surface area contributed by atoms with Gasteiger partial charge in [-0.05, 0) is 0 Å². The van der Waals surface area contributed by atoms with E-state index in [0.29, 0.717) is 0 Å². The van der Waals surface area contributed by atoms with Gasteiger partial charge in [0.25, 0.3) is 0 Å². The summed E-state index contributed by atoms with van der Waals surface area (Å²) in [5, 5.41) is 0. The first-order valence-electron chi connectivity index (χ1n) is 3.99. The van der Waals surface area contributed by atoms with Gasteiger partial charge in [-0.15, -0.1) is 5.73 Å². The zero-order valence-electron chi connectivity index (χ0n) is 7.41. The van der Waals surface area contributed by atoms with Gasteiger partial charge in [0, 0.05) is 0 Å². The third-order valence-electron chi connectivity index (χ3n) is 1.67. The van der Waals surface area contributed by atoms with Crippen LogP contribution in [0, 0.1) is 0 Å². The van der Waals surface area contributed by atoms with E-state index in [2.05, 4.69) is 38.0 Å². The molecular weight excluding hydrogens is 136 g/mol. The fraction of sp³-hybridized carbons (Fsp3) is 0.667. The Kier molecular flexibility index (Phi) is 4.42. The molecule has 0 fully saturated rings. The summed E-state index contributed by atoms with van der Waals surface area (Å²) in [6, 6.07) is 1.38. The Morgan fingerprint density at radius 2 is 2.10 bits per heavy atom. The van der Waals surface area contributed by atoms with Gasteiger partial charge in [-0.1, -0.05) is 51.2 Å². The van der Waals surface area contributed by atoms with Crippen molar-refractivity contribution in [1.82, 2.24) is 0 Å². The van der Waals surface area contributed by atoms with E-state index < -0.39 is 8.07 Å². The molecule has 0 saturated heterocycles. The summed E-state index contributed by atoms with van der Waals surface area (Å²) in [7, 11) is -1.02. The van der Waals surface area contributed by atoms with Crippen molar-refractivity contribution in [2.45, 2.75) is 38.9 Å². The summed E-state index contributed by atoms with van der Waals surface area (Å²) >= 11 is 0. The minimum atomic E-state index is -1.02. The van der Waals surface area contributed by atoms with Gasteiger partial charge in [0.1, 0.15) is 0 Å². The molecule has 0 aromatic heterocycles. The minimum Gasteiger partial charge on any atom is -0.137 e. The fourth-order valence-corrected chi connectivity index (χ4v) is 2.94. The fourth-order valence-electron chi connectivity index (χ4n) is 0.981. The summed E-state index contributed by atoms with van der Waals surface area (Å²) in [6.45, 7) is 10.6. The van der Waals surface area contributed by atoms with Gasteiger partial charge in [-0.25, -0.2) is 0 Å². The van der Waals surface area contributed by atoms with Crippen LogP contribution in [-0.4, -0.2) is 8.07 Å². The lowest BCUT2D eigenvalue weighted by Crippen LogP contribution is -2.21. The smallest absolute Gasteiger partial charge is 0.0812 e. The van der Waals surface area contributed by atoms with Crippen LogP contribution in [0.3, 0.4) is 0 Å². The SMILES string of the molecule is C=C=C[Si](C)(C)CCCC. The Labute approximate surface area is 65.7 Å². The van der Waals surface area contributed by atoms with E-state index in [1.165, 1.54) is 18.9 Å². The van der Waals surface area contributed by atoms with Gasteiger partial charge in [-0.3, -0.25) is 0 Å². The molecule has 0 spiro atoms. The molecule has 0 amide bonds. The molecular formula is C9H18Si. The molecule has 0 bridgehead atoms. The van der Waals surface area contributed by atoms with Crippen LogP contribution in [0.25, 0.3) is 0 Å². The molecule has 0 rings (SSSR count). The van der Waals surface area contributed by atoms with Gasteiger partial charge in [-0.2, -0.15) is 0 Å². The average molecular weight is 154 g/mol. The zero-order valence-corrected chi connectivity index (χ0v) is 8.41. The van der Waals surface area contributed by atoms with Crippen molar-refractivity contribution in [2.75, 3.05) is 0 Å². The predicted molar refractivity (Wildman–Crippen MR) is 50.9 cm³/mol. The molecule has 0 heterocycles. The van der Waals surface area contributed by atoms with Crippen molar-refractivity contribution in [3.8, 4) is 0 Å². The molecule has 10 heavy (non-hydrogen) atoms. The lowest BCUT2D eigenvalue weighted by molar-refractivity contribution is 0.870. The third kappa shape index (κ3) is 4.60. The molecule has 0 aromatic rings. The largest absolute Gasteiger partial charge is 0.137 e. The van der Waals surface area contributed by atoms with Crippen LogP contribution in [0.5, 0.6) is 0 Å². The highest BCUT2D eigenvalue weighted by atomic mass is 28.3. The van der Waals surface area contributed by atoms with Crippen molar-refractivity contribution in [3.63, 3.8) is 0 Å². The van der Waals surface area contributed by atoms with Crippen molar-refractivity contribution < 1.29 is 0 Å². The second kappa shape index (κ2) is 4.54. The van der Waals surface area contributed by atoms with Crippen molar-refractivity contribution in [3.05, 3.63) is 18.0 Å². The summed E-state index contributed by atoms with van der Waals surface area (Å²) < 4.78 is 0. The molecule has 0 aliphatic rings. The molecule has 0 N–H and O–H groups in total. The van der Waals surface area contributed by atoms with E-state index in [9.17, 15) is 0 Å². The highest BCUT2D eigenvalue weighted by Gasteiger charge is 2.14. The Hall–Kier alpha value is -0.263. The number of hydrogen-bond donors (Lipinski definition) is 0. The lowest BCUT2D eigenvalue weighted by Gasteiger charge is -2.14. The van der Waals surface area contributed by atoms with Crippen LogP contribution in [0.1, 0.15) is 19.8 Å².